The van der Waals surface area contributed by atoms with Gasteiger partial charge >= 0.3 is 5.97 Å². The number of fused-ring (bicyclic) bond motifs is 2. The minimum Gasteiger partial charge on any atom is -0.481 e. The topological polar surface area (TPSA) is 75.6 Å². The average molecular weight is 293 g/mol. The molecule has 1 saturated carbocycles. The normalized spacial score (nSPS) is 36.6. The number of rotatable bonds is 4. The summed E-state index contributed by atoms with van der Waals surface area (Å²) in [5.74, 6) is -1.76. The van der Waals surface area contributed by atoms with E-state index in [0.717, 1.165) is 32.5 Å². The lowest BCUT2D eigenvalue weighted by Gasteiger charge is -2.34. The fourth-order valence-electron chi connectivity index (χ4n) is 3.98. The highest BCUT2D eigenvalue weighted by Crippen LogP contribution is 2.48. The lowest BCUT2D eigenvalue weighted by Crippen LogP contribution is -2.45. The summed E-state index contributed by atoms with van der Waals surface area (Å²) < 4.78 is 5.36. The first-order valence-corrected chi connectivity index (χ1v) is 7.77. The van der Waals surface area contributed by atoms with Gasteiger partial charge in [0.15, 0.2) is 0 Å². The number of carbonyl (C=O) groups excluding carboxylic acids is 1. The predicted molar refractivity (Wildman–Crippen MR) is 76.5 cm³/mol. The highest BCUT2D eigenvalue weighted by Gasteiger charge is 2.51. The SMILES string of the molecule is CC1(CNC(=O)C2C3C=CC(C3)C2C(=O)O)CCOCC1. The van der Waals surface area contributed by atoms with Crippen LogP contribution in [0.15, 0.2) is 12.2 Å². The smallest absolute Gasteiger partial charge is 0.307 e. The number of hydrogen-bond acceptors (Lipinski definition) is 3. The van der Waals surface area contributed by atoms with Crippen molar-refractivity contribution in [1.29, 1.82) is 0 Å². The number of hydrogen-bond donors (Lipinski definition) is 2. The van der Waals surface area contributed by atoms with Crippen LogP contribution in [0.5, 0.6) is 0 Å². The Kier molecular flexibility index (Phi) is 3.78. The number of amides is 1. The molecule has 3 aliphatic rings. The maximum absolute atomic E-state index is 12.5. The van der Waals surface area contributed by atoms with Crippen LogP contribution in [0.1, 0.15) is 26.2 Å². The molecule has 1 heterocycles. The molecule has 3 rings (SSSR count). The van der Waals surface area contributed by atoms with Gasteiger partial charge in [0.2, 0.25) is 5.91 Å². The standard InChI is InChI=1S/C16H23NO4/c1-16(4-6-21-7-5-16)9-17-14(18)12-10-2-3-11(8-10)13(12)15(19)20/h2-3,10-13H,4-9H2,1H3,(H,17,18)(H,19,20). The molecule has 0 aromatic heterocycles. The predicted octanol–water partition coefficient (Wildman–Crippen LogP) is 1.44. The zero-order valence-corrected chi connectivity index (χ0v) is 12.4. The lowest BCUT2D eigenvalue weighted by molar-refractivity contribution is -0.148. The van der Waals surface area contributed by atoms with E-state index in [1.165, 1.54) is 0 Å². The van der Waals surface area contributed by atoms with Crippen molar-refractivity contribution in [3.63, 3.8) is 0 Å². The van der Waals surface area contributed by atoms with Gasteiger partial charge in [-0.2, -0.15) is 0 Å². The minimum atomic E-state index is -0.843. The number of allylic oxidation sites excluding steroid dienone is 2. The molecular weight excluding hydrogens is 270 g/mol. The molecule has 0 aromatic rings. The van der Waals surface area contributed by atoms with Crippen molar-refractivity contribution in [2.24, 2.45) is 29.1 Å². The zero-order valence-electron chi connectivity index (χ0n) is 12.4. The molecule has 2 N–H and O–H groups in total. The van der Waals surface area contributed by atoms with Crippen LogP contribution >= 0.6 is 0 Å². The summed E-state index contributed by atoms with van der Waals surface area (Å²) in [7, 11) is 0. The first kappa shape index (κ1) is 14.6. The first-order chi connectivity index (χ1) is 10.0. The summed E-state index contributed by atoms with van der Waals surface area (Å²) in [6.07, 6.45) is 6.66. The monoisotopic (exact) mass is 293 g/mol. The van der Waals surface area contributed by atoms with Crippen LogP contribution in [0.2, 0.25) is 0 Å². The van der Waals surface area contributed by atoms with Crippen molar-refractivity contribution in [2.75, 3.05) is 19.8 Å². The van der Waals surface area contributed by atoms with Gasteiger partial charge in [0, 0.05) is 19.8 Å². The first-order valence-electron chi connectivity index (χ1n) is 7.77. The van der Waals surface area contributed by atoms with Crippen molar-refractivity contribution in [1.82, 2.24) is 5.32 Å². The van der Waals surface area contributed by atoms with Gasteiger partial charge in [-0.1, -0.05) is 19.1 Å². The van der Waals surface area contributed by atoms with Gasteiger partial charge in [-0.25, -0.2) is 0 Å². The highest BCUT2D eigenvalue weighted by molar-refractivity contribution is 5.86. The molecule has 4 atom stereocenters. The molecule has 0 radical (unpaired) electrons. The Labute approximate surface area is 124 Å². The van der Waals surface area contributed by atoms with Crippen LogP contribution in [0.4, 0.5) is 0 Å². The quantitative estimate of drug-likeness (QED) is 0.769. The molecule has 2 aliphatic carbocycles. The largest absolute Gasteiger partial charge is 0.481 e. The molecule has 1 aliphatic heterocycles. The highest BCUT2D eigenvalue weighted by atomic mass is 16.5. The Hall–Kier alpha value is -1.36. The summed E-state index contributed by atoms with van der Waals surface area (Å²) in [5.41, 5.74) is 0.0695. The Morgan fingerprint density at radius 3 is 2.48 bits per heavy atom. The van der Waals surface area contributed by atoms with Crippen LogP contribution in [0.25, 0.3) is 0 Å². The molecule has 2 bridgehead atoms. The minimum absolute atomic E-state index is 0.0296. The molecule has 4 unspecified atom stereocenters. The van der Waals surface area contributed by atoms with Gasteiger partial charge in [-0.3, -0.25) is 9.59 Å². The van der Waals surface area contributed by atoms with Gasteiger partial charge in [0.1, 0.15) is 0 Å². The van der Waals surface area contributed by atoms with Gasteiger partial charge in [-0.05, 0) is 36.5 Å². The summed E-state index contributed by atoms with van der Waals surface area (Å²) in [6.45, 7) is 4.24. The van der Waals surface area contributed by atoms with E-state index in [-0.39, 0.29) is 23.2 Å². The second-order valence-corrected chi connectivity index (χ2v) is 6.98. The van der Waals surface area contributed by atoms with Crippen LogP contribution in [0.3, 0.4) is 0 Å². The maximum atomic E-state index is 12.5. The average Bonchev–Trinajstić information content (AvgIpc) is 3.06. The van der Waals surface area contributed by atoms with Crippen molar-refractivity contribution in [3.05, 3.63) is 12.2 Å². The number of aliphatic carboxylic acids is 1. The van der Waals surface area contributed by atoms with Crippen LogP contribution < -0.4 is 5.32 Å². The molecule has 0 spiro atoms. The van der Waals surface area contributed by atoms with Crippen LogP contribution in [0, 0.1) is 29.1 Å². The second kappa shape index (κ2) is 5.44. The maximum Gasteiger partial charge on any atom is 0.307 e. The van der Waals surface area contributed by atoms with E-state index in [1.54, 1.807) is 0 Å². The molecular formula is C16H23NO4. The third-order valence-corrected chi connectivity index (χ3v) is 5.44. The van der Waals surface area contributed by atoms with E-state index in [0.29, 0.717) is 6.54 Å². The summed E-state index contributed by atoms with van der Waals surface area (Å²) in [4.78, 5) is 23.9. The fraction of sp³-hybridized carbons (Fsp3) is 0.750. The zero-order chi connectivity index (χ0) is 15.0. The van der Waals surface area contributed by atoms with Gasteiger partial charge < -0.3 is 15.2 Å². The van der Waals surface area contributed by atoms with E-state index < -0.39 is 17.8 Å². The molecule has 5 nitrogen and oxygen atoms in total. The molecule has 21 heavy (non-hydrogen) atoms. The van der Waals surface area contributed by atoms with Gasteiger partial charge in [-0.15, -0.1) is 0 Å². The Balaban J connectivity index is 1.62. The van der Waals surface area contributed by atoms with E-state index in [9.17, 15) is 14.7 Å². The number of ether oxygens (including phenoxy) is 1. The Morgan fingerprint density at radius 1 is 1.24 bits per heavy atom. The number of nitrogens with one attached hydrogen (secondary N) is 1. The van der Waals surface area contributed by atoms with Crippen molar-refractivity contribution >= 4 is 11.9 Å². The third kappa shape index (κ3) is 2.71. The second-order valence-electron chi connectivity index (χ2n) is 6.98. The Morgan fingerprint density at radius 2 is 1.86 bits per heavy atom. The molecule has 1 saturated heterocycles. The summed E-state index contributed by atoms with van der Waals surface area (Å²) >= 11 is 0. The molecule has 1 amide bonds. The molecule has 0 aromatic carbocycles. The van der Waals surface area contributed by atoms with Gasteiger partial charge in [0.05, 0.1) is 11.8 Å². The molecule has 2 fully saturated rings. The van der Waals surface area contributed by atoms with E-state index in [4.69, 9.17) is 4.74 Å². The van der Waals surface area contributed by atoms with E-state index in [2.05, 4.69) is 12.2 Å². The van der Waals surface area contributed by atoms with E-state index in [1.807, 2.05) is 12.2 Å². The van der Waals surface area contributed by atoms with Crippen molar-refractivity contribution in [3.8, 4) is 0 Å². The van der Waals surface area contributed by atoms with Crippen molar-refractivity contribution < 1.29 is 19.4 Å². The summed E-state index contributed by atoms with van der Waals surface area (Å²) in [6, 6.07) is 0. The molecule has 5 heteroatoms. The lowest BCUT2D eigenvalue weighted by atomic mass is 9.80. The van der Waals surface area contributed by atoms with Crippen molar-refractivity contribution in [2.45, 2.75) is 26.2 Å². The number of carboxylic acids is 1. The third-order valence-electron chi connectivity index (χ3n) is 5.44. The summed E-state index contributed by atoms with van der Waals surface area (Å²) in [5, 5.41) is 12.4. The van der Waals surface area contributed by atoms with Crippen LogP contribution in [-0.2, 0) is 14.3 Å². The van der Waals surface area contributed by atoms with Crippen LogP contribution in [-0.4, -0.2) is 36.7 Å². The Bertz CT molecular complexity index is 467. The number of carboxylic acid groups (broad SMARTS) is 1. The molecule has 116 valence electrons. The fourth-order valence-corrected chi connectivity index (χ4v) is 3.98. The van der Waals surface area contributed by atoms with Gasteiger partial charge in [0.25, 0.3) is 0 Å². The number of carbonyl (C=O) groups is 2. The van der Waals surface area contributed by atoms with E-state index >= 15 is 0 Å².